The molecule has 0 saturated heterocycles. The van der Waals surface area contributed by atoms with E-state index in [4.69, 9.17) is 51.1 Å². The Bertz CT molecular complexity index is 69.9. The van der Waals surface area contributed by atoms with Crippen molar-refractivity contribution in [2.75, 3.05) is 77.7 Å². The summed E-state index contributed by atoms with van der Waals surface area (Å²) >= 11 is 0. The van der Waals surface area contributed by atoms with Crippen molar-refractivity contribution in [1.82, 2.24) is 0 Å². The van der Waals surface area contributed by atoms with E-state index in [1.165, 1.54) is 6.92 Å². The first-order valence-corrected chi connectivity index (χ1v) is 6.38. The minimum absolute atomic E-state index is 0.211. The van der Waals surface area contributed by atoms with Crippen LogP contribution in [0.4, 0.5) is 0 Å². The van der Waals surface area contributed by atoms with Crippen LogP contribution < -0.4 is 0 Å². The Morgan fingerprint density at radius 3 is 0.615 bits per heavy atom. The summed E-state index contributed by atoms with van der Waals surface area (Å²) in [5, 5.41) is 70.0. The van der Waals surface area contributed by atoms with Crippen molar-refractivity contribution in [2.24, 2.45) is 0 Å². The number of hydrogen-bond acceptors (Lipinski definition) is 12. The van der Waals surface area contributed by atoms with Crippen LogP contribution in [0.3, 0.4) is 0 Å². The lowest BCUT2D eigenvalue weighted by atomic mass is 10.8. The number of carbonyl (C=O) groups excluding carboxylic acids is 1. The van der Waals surface area contributed by atoms with E-state index < -0.39 is 0 Å². The second-order valence-electron chi connectivity index (χ2n) is 0.925. The summed E-state index contributed by atoms with van der Waals surface area (Å²) in [4.78, 5) is 9.82. The van der Waals surface area contributed by atoms with Gasteiger partial charge >= 0.3 is 5.97 Å². The summed E-state index contributed by atoms with van der Waals surface area (Å²) in [7, 11) is 10.0. The number of aliphatic hydroxyl groups is 10. The summed E-state index contributed by atoms with van der Waals surface area (Å²) in [6.07, 6.45) is 0. The summed E-state index contributed by atoms with van der Waals surface area (Å²) in [5.41, 5.74) is 0. The molecule has 0 radical (unpaired) electrons. The molecule has 0 aromatic rings. The van der Waals surface area contributed by atoms with E-state index in [1.54, 1.807) is 6.92 Å². The van der Waals surface area contributed by atoms with Gasteiger partial charge in [0.15, 0.2) is 0 Å². The summed E-state index contributed by atoms with van der Waals surface area (Å²) < 4.78 is 4.40. The van der Waals surface area contributed by atoms with Gasteiger partial charge in [0.25, 0.3) is 0 Å². The van der Waals surface area contributed by atoms with Crippen LogP contribution >= 0.6 is 0 Å². The number of esters is 1. The zero-order valence-electron chi connectivity index (χ0n) is 18.5. The molecule has 0 heterocycles. The van der Waals surface area contributed by atoms with Crippen LogP contribution in [0, 0.1) is 0 Å². The molecule has 0 aliphatic rings. The Kier molecular flexibility index (Phi) is 2180. The van der Waals surface area contributed by atoms with Crippen molar-refractivity contribution in [3.8, 4) is 0 Å². The molecular formula is C14H48O12. The monoisotopic (exact) mass is 408 g/mol. The van der Waals surface area contributed by atoms with Crippen LogP contribution in [0.15, 0.2) is 0 Å². The van der Waals surface area contributed by atoms with Gasteiger partial charge < -0.3 is 55.8 Å². The highest BCUT2D eigenvalue weighted by atomic mass is 16.5. The van der Waals surface area contributed by atoms with Gasteiger partial charge in [-0.2, -0.15) is 0 Å². The third-order valence-corrected chi connectivity index (χ3v) is 0.348. The molecule has 0 aliphatic carbocycles. The number of ether oxygens (including phenoxy) is 1. The summed E-state index contributed by atoms with van der Waals surface area (Å²) in [6, 6.07) is 0. The van der Waals surface area contributed by atoms with E-state index in [2.05, 4.69) is 4.74 Å². The van der Waals surface area contributed by atoms with Crippen molar-refractivity contribution in [3.63, 3.8) is 0 Å². The lowest BCUT2D eigenvalue weighted by Crippen LogP contribution is -1.95. The molecule has 12 heteroatoms. The minimum Gasteiger partial charge on any atom is -0.466 e. The third-order valence-electron chi connectivity index (χ3n) is 0.348. The lowest BCUT2D eigenvalue weighted by molar-refractivity contribution is -0.140. The zero-order chi connectivity index (χ0) is 25.0. The van der Waals surface area contributed by atoms with Crippen molar-refractivity contribution < 1.29 is 60.6 Å². The molecule has 0 bridgehead atoms. The quantitative estimate of drug-likeness (QED) is 0.192. The van der Waals surface area contributed by atoms with Crippen molar-refractivity contribution >= 4 is 5.97 Å². The number of aliphatic hydroxyl groups excluding tert-OH is 10. The largest absolute Gasteiger partial charge is 0.466 e. The standard InChI is InChI=1S/C4H8O2.10CH4O/c1-3-6-4(2)5;10*1-2/h3H2,1-2H3;10*2H,1H3. The van der Waals surface area contributed by atoms with E-state index in [0.29, 0.717) is 6.61 Å². The molecular weight excluding hydrogens is 360 g/mol. The predicted octanol–water partition coefficient (Wildman–Crippen LogP) is -3.35. The maximum Gasteiger partial charge on any atom is 0.302 e. The Labute approximate surface area is 159 Å². The third kappa shape index (κ3) is 2620. The fourth-order valence-electron chi connectivity index (χ4n) is 0.203. The number of hydrogen-bond donors (Lipinski definition) is 10. The van der Waals surface area contributed by atoms with E-state index >= 15 is 0 Å². The fraction of sp³-hybridized carbons (Fsp3) is 0.929. The van der Waals surface area contributed by atoms with Crippen LogP contribution in [-0.4, -0.2) is 135 Å². The zero-order valence-corrected chi connectivity index (χ0v) is 18.5. The SMILES string of the molecule is CCOC(C)=O.CO.CO.CO.CO.CO.CO.CO.CO.CO.CO. The average molecular weight is 409 g/mol. The Balaban J connectivity index is -0.0000000111. The number of rotatable bonds is 1. The van der Waals surface area contributed by atoms with Crippen LogP contribution in [0.5, 0.6) is 0 Å². The molecule has 12 nitrogen and oxygen atoms in total. The van der Waals surface area contributed by atoms with Gasteiger partial charge in [0.1, 0.15) is 0 Å². The van der Waals surface area contributed by atoms with E-state index in [0.717, 1.165) is 71.1 Å². The summed E-state index contributed by atoms with van der Waals surface area (Å²) in [6.45, 7) is 3.65. The first kappa shape index (κ1) is 73.4. The minimum atomic E-state index is -0.211. The average Bonchev–Trinajstić information content (AvgIpc) is 2.82. The smallest absolute Gasteiger partial charge is 0.302 e. The highest BCUT2D eigenvalue weighted by Gasteiger charge is 1.81. The fourth-order valence-corrected chi connectivity index (χ4v) is 0.203. The van der Waals surface area contributed by atoms with Crippen molar-refractivity contribution in [3.05, 3.63) is 0 Å². The van der Waals surface area contributed by atoms with Gasteiger partial charge in [0, 0.05) is 78.0 Å². The van der Waals surface area contributed by atoms with Crippen LogP contribution in [-0.2, 0) is 9.53 Å². The summed E-state index contributed by atoms with van der Waals surface area (Å²) in [5.74, 6) is -0.211. The molecule has 0 spiro atoms. The van der Waals surface area contributed by atoms with Gasteiger partial charge in [-0.1, -0.05) is 0 Å². The lowest BCUT2D eigenvalue weighted by Gasteiger charge is -1.89. The molecule has 10 N–H and O–H groups in total. The van der Waals surface area contributed by atoms with Gasteiger partial charge in [0.2, 0.25) is 0 Å². The Hall–Kier alpha value is -0.930. The van der Waals surface area contributed by atoms with Crippen LogP contribution in [0.1, 0.15) is 13.8 Å². The van der Waals surface area contributed by atoms with Gasteiger partial charge in [-0.15, -0.1) is 0 Å². The molecule has 0 rings (SSSR count). The molecule has 0 aromatic heterocycles. The van der Waals surface area contributed by atoms with Crippen molar-refractivity contribution in [2.45, 2.75) is 13.8 Å². The first-order valence-electron chi connectivity index (χ1n) is 6.38. The molecule has 0 fully saturated rings. The topological polar surface area (TPSA) is 229 Å². The van der Waals surface area contributed by atoms with Crippen molar-refractivity contribution in [1.29, 1.82) is 0 Å². The normalized spacial score (nSPS) is 4.08. The van der Waals surface area contributed by atoms with Gasteiger partial charge in [-0.3, -0.25) is 4.79 Å². The highest BCUT2D eigenvalue weighted by molar-refractivity contribution is 5.65. The highest BCUT2D eigenvalue weighted by Crippen LogP contribution is 1.69. The van der Waals surface area contributed by atoms with E-state index in [-0.39, 0.29) is 5.97 Å². The second-order valence-corrected chi connectivity index (χ2v) is 0.925. The molecule has 26 heavy (non-hydrogen) atoms. The predicted molar refractivity (Wildman–Crippen MR) is 104 cm³/mol. The molecule has 0 saturated carbocycles. The van der Waals surface area contributed by atoms with E-state index in [9.17, 15) is 4.79 Å². The number of carbonyl (C=O) groups is 1. The van der Waals surface area contributed by atoms with Gasteiger partial charge in [0.05, 0.1) is 6.61 Å². The maximum absolute atomic E-state index is 9.82. The molecule has 0 unspecified atom stereocenters. The van der Waals surface area contributed by atoms with Crippen LogP contribution in [0.2, 0.25) is 0 Å². The molecule has 0 aromatic carbocycles. The molecule has 176 valence electrons. The Morgan fingerprint density at radius 1 is 0.500 bits per heavy atom. The second kappa shape index (κ2) is 773. The molecule has 0 aliphatic heterocycles. The van der Waals surface area contributed by atoms with Gasteiger partial charge in [-0.25, -0.2) is 0 Å². The van der Waals surface area contributed by atoms with E-state index in [1.807, 2.05) is 0 Å². The molecule has 0 atom stereocenters. The van der Waals surface area contributed by atoms with Crippen LogP contribution in [0.25, 0.3) is 0 Å². The molecule has 0 amide bonds. The first-order chi connectivity index (χ1) is 12.8. The maximum atomic E-state index is 9.82. The van der Waals surface area contributed by atoms with Gasteiger partial charge in [-0.05, 0) is 6.92 Å². The Morgan fingerprint density at radius 2 is 0.615 bits per heavy atom.